The van der Waals surface area contributed by atoms with Crippen LogP contribution in [0.2, 0.25) is 0 Å². The molecule has 19 heavy (non-hydrogen) atoms. The molecule has 1 aromatic rings. The van der Waals surface area contributed by atoms with Crippen LogP contribution in [-0.2, 0) is 0 Å². The van der Waals surface area contributed by atoms with Gasteiger partial charge >= 0.3 is 0 Å². The van der Waals surface area contributed by atoms with Gasteiger partial charge in [-0.1, -0.05) is 11.6 Å². The van der Waals surface area contributed by atoms with Crippen molar-refractivity contribution in [1.29, 1.82) is 0 Å². The van der Waals surface area contributed by atoms with E-state index in [0.29, 0.717) is 5.56 Å². The van der Waals surface area contributed by atoms with Gasteiger partial charge in [-0.15, -0.1) is 0 Å². The molecule has 3 N–H and O–H groups in total. The third kappa shape index (κ3) is 3.08. The number of phenols is 1. The van der Waals surface area contributed by atoms with Crippen molar-refractivity contribution in [2.75, 3.05) is 26.2 Å². The molecule has 1 aromatic carbocycles. The molecule has 1 fully saturated rings. The Morgan fingerprint density at radius 3 is 2.47 bits per heavy atom. The lowest BCUT2D eigenvalue weighted by Gasteiger charge is -2.35. The zero-order valence-electron chi connectivity index (χ0n) is 12.0. The third-order valence-electron chi connectivity index (χ3n) is 3.98. The molecule has 0 spiro atoms. The first-order chi connectivity index (χ1) is 9.00. The Kier molecular flexibility index (Phi) is 4.45. The van der Waals surface area contributed by atoms with Crippen molar-refractivity contribution in [3.05, 3.63) is 28.8 Å². The number of aliphatic hydroxyl groups excluding tert-OH is 1. The molecule has 4 nitrogen and oxygen atoms in total. The minimum Gasteiger partial charge on any atom is -0.507 e. The number of benzene rings is 1. The van der Waals surface area contributed by atoms with Gasteiger partial charge in [0.25, 0.3) is 0 Å². The molecule has 1 heterocycles. The molecule has 2 rings (SSSR count). The van der Waals surface area contributed by atoms with Crippen LogP contribution < -0.4 is 5.32 Å². The van der Waals surface area contributed by atoms with Crippen LogP contribution in [-0.4, -0.2) is 47.3 Å². The molecular weight excluding hydrogens is 240 g/mol. The number of nitrogens with one attached hydrogen (secondary N) is 1. The zero-order valence-corrected chi connectivity index (χ0v) is 12.0. The Hall–Kier alpha value is -1.10. The molecule has 4 heteroatoms. The van der Waals surface area contributed by atoms with E-state index in [1.807, 2.05) is 32.9 Å². The Morgan fingerprint density at radius 2 is 1.84 bits per heavy atom. The van der Waals surface area contributed by atoms with E-state index in [1.165, 1.54) is 0 Å². The minimum absolute atomic E-state index is 0.00852. The summed E-state index contributed by atoms with van der Waals surface area (Å²) in [6.45, 7) is 9.65. The first kappa shape index (κ1) is 14.3. The number of aryl methyl sites for hydroxylation is 2. The second kappa shape index (κ2) is 5.90. The van der Waals surface area contributed by atoms with Gasteiger partial charge in [0.2, 0.25) is 0 Å². The van der Waals surface area contributed by atoms with Gasteiger partial charge < -0.3 is 15.5 Å². The van der Waals surface area contributed by atoms with E-state index in [-0.39, 0.29) is 11.8 Å². The van der Waals surface area contributed by atoms with Crippen LogP contribution in [0.25, 0.3) is 0 Å². The molecule has 2 unspecified atom stereocenters. The highest BCUT2D eigenvalue weighted by molar-refractivity contribution is 5.44. The average Bonchev–Trinajstić information content (AvgIpc) is 2.42. The fraction of sp³-hybridized carbons (Fsp3) is 0.600. The second-order valence-electron chi connectivity index (χ2n) is 5.49. The van der Waals surface area contributed by atoms with Gasteiger partial charge in [-0.25, -0.2) is 0 Å². The number of hydrogen-bond acceptors (Lipinski definition) is 4. The zero-order chi connectivity index (χ0) is 14.0. The van der Waals surface area contributed by atoms with E-state index in [4.69, 9.17) is 0 Å². The van der Waals surface area contributed by atoms with E-state index >= 15 is 0 Å². The van der Waals surface area contributed by atoms with Crippen LogP contribution in [0, 0.1) is 13.8 Å². The lowest BCUT2D eigenvalue weighted by atomic mass is 9.96. The van der Waals surface area contributed by atoms with Gasteiger partial charge in [-0.2, -0.15) is 0 Å². The Balaban J connectivity index is 2.20. The van der Waals surface area contributed by atoms with Crippen molar-refractivity contribution >= 4 is 0 Å². The maximum absolute atomic E-state index is 10.5. The van der Waals surface area contributed by atoms with Crippen molar-refractivity contribution in [2.24, 2.45) is 0 Å². The normalized spacial score (nSPS) is 20.2. The maximum Gasteiger partial charge on any atom is 0.124 e. The molecule has 1 aliphatic rings. The topological polar surface area (TPSA) is 55.7 Å². The van der Waals surface area contributed by atoms with E-state index in [1.54, 1.807) is 0 Å². The fourth-order valence-electron chi connectivity index (χ4n) is 2.77. The van der Waals surface area contributed by atoms with Crippen LogP contribution in [0.4, 0.5) is 0 Å². The smallest absolute Gasteiger partial charge is 0.124 e. The van der Waals surface area contributed by atoms with Crippen molar-refractivity contribution < 1.29 is 10.2 Å². The summed E-state index contributed by atoms with van der Waals surface area (Å²) in [5.41, 5.74) is 2.53. The second-order valence-corrected chi connectivity index (χ2v) is 5.49. The van der Waals surface area contributed by atoms with Gasteiger partial charge in [0, 0.05) is 37.8 Å². The SMILES string of the molecule is Cc1cc(C)c(O)c(C(O)C(C)N2CCNCC2)c1. The van der Waals surface area contributed by atoms with Gasteiger partial charge in [-0.3, -0.25) is 4.90 Å². The van der Waals surface area contributed by atoms with Crippen LogP contribution >= 0.6 is 0 Å². The fourth-order valence-corrected chi connectivity index (χ4v) is 2.77. The molecular formula is C15H24N2O2. The van der Waals surface area contributed by atoms with E-state index < -0.39 is 6.10 Å². The van der Waals surface area contributed by atoms with Crippen molar-refractivity contribution in [3.8, 4) is 5.75 Å². The maximum atomic E-state index is 10.5. The van der Waals surface area contributed by atoms with Crippen LogP contribution in [0.15, 0.2) is 12.1 Å². The summed E-state index contributed by atoms with van der Waals surface area (Å²) in [5, 5.41) is 24.0. The largest absolute Gasteiger partial charge is 0.507 e. The quantitative estimate of drug-likeness (QED) is 0.771. The summed E-state index contributed by atoms with van der Waals surface area (Å²) in [6.07, 6.45) is -0.656. The molecule has 0 amide bonds. The highest BCUT2D eigenvalue weighted by Gasteiger charge is 2.26. The van der Waals surface area contributed by atoms with Crippen LogP contribution in [0.5, 0.6) is 5.75 Å². The Bertz CT molecular complexity index is 442. The van der Waals surface area contributed by atoms with Gasteiger partial charge in [0.15, 0.2) is 0 Å². The molecule has 0 saturated carbocycles. The Labute approximate surface area is 115 Å². The van der Waals surface area contributed by atoms with E-state index in [2.05, 4.69) is 10.2 Å². The molecule has 106 valence electrons. The lowest BCUT2D eigenvalue weighted by Crippen LogP contribution is -2.49. The number of hydrogen-bond donors (Lipinski definition) is 3. The van der Waals surface area contributed by atoms with Gasteiger partial charge in [0.05, 0.1) is 6.10 Å². The van der Waals surface area contributed by atoms with Crippen LogP contribution in [0.1, 0.15) is 29.7 Å². The summed E-state index contributed by atoms with van der Waals surface area (Å²) >= 11 is 0. The lowest BCUT2D eigenvalue weighted by molar-refractivity contribution is 0.0494. The number of nitrogens with zero attached hydrogens (tertiary/aromatic N) is 1. The average molecular weight is 264 g/mol. The monoisotopic (exact) mass is 264 g/mol. The summed E-state index contributed by atoms with van der Waals surface area (Å²) in [4.78, 5) is 2.26. The number of piperazine rings is 1. The molecule has 0 radical (unpaired) electrons. The van der Waals surface area contributed by atoms with Crippen molar-refractivity contribution in [1.82, 2.24) is 10.2 Å². The minimum atomic E-state index is -0.656. The number of aliphatic hydroxyl groups is 1. The summed E-state index contributed by atoms with van der Waals surface area (Å²) < 4.78 is 0. The predicted octanol–water partition coefficient (Wildman–Crippen LogP) is 1.34. The third-order valence-corrected chi connectivity index (χ3v) is 3.98. The molecule has 0 aromatic heterocycles. The first-order valence-corrected chi connectivity index (χ1v) is 6.93. The van der Waals surface area contributed by atoms with E-state index in [9.17, 15) is 10.2 Å². The summed E-state index contributed by atoms with van der Waals surface area (Å²) in [6, 6.07) is 3.82. The van der Waals surface area contributed by atoms with Gasteiger partial charge in [0.1, 0.15) is 5.75 Å². The molecule has 2 atom stereocenters. The van der Waals surface area contributed by atoms with E-state index in [0.717, 1.165) is 37.3 Å². The summed E-state index contributed by atoms with van der Waals surface area (Å²) in [5.74, 6) is 0.222. The Morgan fingerprint density at radius 1 is 1.21 bits per heavy atom. The van der Waals surface area contributed by atoms with Crippen molar-refractivity contribution in [2.45, 2.75) is 32.9 Å². The first-order valence-electron chi connectivity index (χ1n) is 6.93. The molecule has 0 aliphatic carbocycles. The highest BCUT2D eigenvalue weighted by atomic mass is 16.3. The van der Waals surface area contributed by atoms with Crippen LogP contribution in [0.3, 0.4) is 0 Å². The van der Waals surface area contributed by atoms with Gasteiger partial charge in [-0.05, 0) is 32.4 Å². The standard InChI is InChI=1S/C15H24N2O2/c1-10-8-11(2)14(18)13(9-10)15(19)12(3)17-6-4-16-5-7-17/h8-9,12,15-16,18-19H,4-7H2,1-3H3. The summed E-state index contributed by atoms with van der Waals surface area (Å²) in [7, 11) is 0. The number of rotatable bonds is 3. The highest BCUT2D eigenvalue weighted by Crippen LogP contribution is 2.32. The molecule has 1 aliphatic heterocycles. The number of aromatic hydroxyl groups is 1. The van der Waals surface area contributed by atoms with Crippen molar-refractivity contribution in [3.63, 3.8) is 0 Å². The molecule has 0 bridgehead atoms. The molecule has 1 saturated heterocycles. The number of phenolic OH excluding ortho intramolecular Hbond substituents is 1. The predicted molar refractivity (Wildman–Crippen MR) is 76.4 cm³/mol.